The van der Waals surface area contributed by atoms with Crippen LogP contribution in [-0.4, -0.2) is 70.5 Å². The van der Waals surface area contributed by atoms with E-state index in [1.54, 1.807) is 0 Å². The number of rotatable bonds is 8. The third kappa shape index (κ3) is 6.26. The Bertz CT molecular complexity index is 1020. The molecule has 6 atom stereocenters. The van der Waals surface area contributed by atoms with E-state index in [-0.39, 0.29) is 6.61 Å². The molecule has 0 amide bonds. The summed E-state index contributed by atoms with van der Waals surface area (Å²) >= 11 is 0. The Morgan fingerprint density at radius 1 is 1.09 bits per heavy atom. The van der Waals surface area contributed by atoms with Gasteiger partial charge >= 0.3 is 29.6 Å². The number of ether oxygens (including phenoxy) is 5. The van der Waals surface area contributed by atoms with Crippen LogP contribution in [0.4, 0.5) is 0 Å². The summed E-state index contributed by atoms with van der Waals surface area (Å²) in [6, 6.07) is -0.571. The van der Waals surface area contributed by atoms with Crippen LogP contribution in [0, 0.1) is 0 Å². The molecule has 0 aliphatic carbocycles. The highest BCUT2D eigenvalue weighted by Crippen LogP contribution is 2.36. The van der Waals surface area contributed by atoms with Crippen LogP contribution in [0.1, 0.15) is 33.9 Å². The standard InChI is InChI=1S/C19H25N3O11/c1-5-29-18(27)12(20)13(30-8(2)23)14-15(31-9(3)24)16(32-10(4)25)17(33-14)22-7-6-11(26)21-19(22)28/h6-7,12-17H,5,20H2,1-4H3,(H,21,26,28)/t12-,13-,14-,15-,16-,17-/m1/s1. The minimum atomic E-state index is -1.58. The number of carbonyl (C=O) groups is 4. The van der Waals surface area contributed by atoms with Crippen molar-refractivity contribution in [3.63, 3.8) is 0 Å². The quantitative estimate of drug-likeness (QED) is 0.317. The first-order chi connectivity index (χ1) is 15.5. The Morgan fingerprint density at radius 3 is 2.21 bits per heavy atom. The predicted octanol–water partition coefficient (Wildman–Crippen LogP) is -1.88. The maximum absolute atomic E-state index is 12.4. The van der Waals surface area contributed by atoms with E-state index in [1.807, 2.05) is 4.98 Å². The summed E-state index contributed by atoms with van der Waals surface area (Å²) < 4.78 is 27.3. The van der Waals surface area contributed by atoms with Crippen LogP contribution in [0.25, 0.3) is 0 Å². The first-order valence-corrected chi connectivity index (χ1v) is 9.87. The van der Waals surface area contributed by atoms with Crippen molar-refractivity contribution in [2.75, 3.05) is 6.61 Å². The van der Waals surface area contributed by atoms with E-state index >= 15 is 0 Å². The molecule has 1 fully saturated rings. The van der Waals surface area contributed by atoms with Gasteiger partial charge in [0.25, 0.3) is 5.56 Å². The summed E-state index contributed by atoms with van der Waals surface area (Å²) in [5.41, 5.74) is 4.33. The molecule has 3 N–H and O–H groups in total. The van der Waals surface area contributed by atoms with Crippen LogP contribution in [0.5, 0.6) is 0 Å². The van der Waals surface area contributed by atoms with Gasteiger partial charge < -0.3 is 29.4 Å². The fourth-order valence-electron chi connectivity index (χ4n) is 3.33. The molecule has 1 aromatic rings. The number of hydrogen-bond acceptors (Lipinski definition) is 12. The number of aromatic amines is 1. The molecule has 0 saturated carbocycles. The molecule has 0 unspecified atom stereocenters. The molecule has 14 heteroatoms. The number of nitrogens with one attached hydrogen (secondary N) is 1. The van der Waals surface area contributed by atoms with Crippen molar-refractivity contribution >= 4 is 23.9 Å². The van der Waals surface area contributed by atoms with Gasteiger partial charge in [-0.05, 0) is 6.92 Å². The van der Waals surface area contributed by atoms with Crippen molar-refractivity contribution < 1.29 is 42.9 Å². The van der Waals surface area contributed by atoms with Crippen LogP contribution in [0.15, 0.2) is 21.9 Å². The number of nitrogens with zero attached hydrogens (tertiary/aromatic N) is 1. The number of carbonyl (C=O) groups excluding carboxylic acids is 4. The SMILES string of the molecule is CCOC(=O)[C@H](N)[C@@H](OC(C)=O)[C@H]1O[C@@H](n2ccc(=O)[nH]c2=O)[C@H](OC(C)=O)[C@@H]1OC(C)=O. The summed E-state index contributed by atoms with van der Waals surface area (Å²) in [7, 11) is 0. The summed E-state index contributed by atoms with van der Waals surface area (Å²) in [6.45, 7) is 4.69. The van der Waals surface area contributed by atoms with E-state index in [1.165, 1.54) is 6.92 Å². The molecule has 0 aromatic carbocycles. The maximum Gasteiger partial charge on any atom is 0.330 e. The van der Waals surface area contributed by atoms with Crippen molar-refractivity contribution in [1.82, 2.24) is 9.55 Å². The summed E-state index contributed by atoms with van der Waals surface area (Å²) in [4.78, 5) is 73.5. The number of nitrogens with two attached hydrogens (primary N) is 1. The number of hydrogen-bond donors (Lipinski definition) is 2. The zero-order valence-corrected chi connectivity index (χ0v) is 18.3. The van der Waals surface area contributed by atoms with Crippen LogP contribution >= 0.6 is 0 Å². The van der Waals surface area contributed by atoms with E-state index in [0.29, 0.717) is 0 Å². The van der Waals surface area contributed by atoms with E-state index in [0.717, 1.165) is 37.6 Å². The molecule has 2 heterocycles. The number of aromatic nitrogens is 2. The summed E-state index contributed by atoms with van der Waals surface area (Å²) in [5.74, 6) is -3.43. The highest BCUT2D eigenvalue weighted by molar-refractivity contribution is 5.77. The lowest BCUT2D eigenvalue weighted by Gasteiger charge is -2.30. The normalized spacial score (nSPS) is 23.8. The maximum atomic E-state index is 12.4. The zero-order chi connectivity index (χ0) is 24.9. The van der Waals surface area contributed by atoms with Gasteiger partial charge in [-0.25, -0.2) is 4.79 Å². The fourth-order valence-corrected chi connectivity index (χ4v) is 3.33. The second-order valence-electron chi connectivity index (χ2n) is 7.01. The molecular formula is C19H25N3O11. The summed E-state index contributed by atoms with van der Waals surface area (Å²) in [5, 5.41) is 0. The molecule has 2 rings (SSSR count). The molecule has 1 aliphatic rings. The van der Waals surface area contributed by atoms with E-state index in [9.17, 15) is 28.8 Å². The van der Waals surface area contributed by atoms with Crippen molar-refractivity contribution in [3.05, 3.63) is 33.1 Å². The minimum Gasteiger partial charge on any atom is -0.465 e. The molecule has 1 aliphatic heterocycles. The Balaban J connectivity index is 2.60. The van der Waals surface area contributed by atoms with Gasteiger partial charge in [-0.2, -0.15) is 0 Å². The largest absolute Gasteiger partial charge is 0.465 e. The van der Waals surface area contributed by atoms with Crippen molar-refractivity contribution in [1.29, 1.82) is 0 Å². The second-order valence-corrected chi connectivity index (χ2v) is 7.01. The lowest BCUT2D eigenvalue weighted by atomic mass is 9.99. The predicted molar refractivity (Wildman–Crippen MR) is 107 cm³/mol. The Morgan fingerprint density at radius 2 is 1.70 bits per heavy atom. The summed E-state index contributed by atoms with van der Waals surface area (Å²) in [6.07, 6.45) is -6.30. The van der Waals surface area contributed by atoms with Crippen LogP contribution in [0.2, 0.25) is 0 Å². The van der Waals surface area contributed by atoms with Crippen molar-refractivity contribution in [2.45, 2.75) is 64.4 Å². The van der Waals surface area contributed by atoms with Crippen LogP contribution in [0.3, 0.4) is 0 Å². The van der Waals surface area contributed by atoms with Crippen molar-refractivity contribution in [3.8, 4) is 0 Å². The first-order valence-electron chi connectivity index (χ1n) is 9.87. The Hall–Kier alpha value is -3.52. The molecule has 33 heavy (non-hydrogen) atoms. The van der Waals surface area contributed by atoms with Gasteiger partial charge in [0.05, 0.1) is 6.61 Å². The van der Waals surface area contributed by atoms with E-state index < -0.39 is 71.8 Å². The van der Waals surface area contributed by atoms with Crippen LogP contribution < -0.4 is 17.0 Å². The van der Waals surface area contributed by atoms with Gasteiger partial charge in [0.1, 0.15) is 12.1 Å². The Labute approximate surface area is 186 Å². The van der Waals surface area contributed by atoms with Gasteiger partial charge in [0.15, 0.2) is 24.5 Å². The van der Waals surface area contributed by atoms with E-state index in [4.69, 9.17) is 29.4 Å². The lowest BCUT2D eigenvalue weighted by Crippen LogP contribution is -2.55. The monoisotopic (exact) mass is 471 g/mol. The fraction of sp³-hybridized carbons (Fsp3) is 0.579. The van der Waals surface area contributed by atoms with Gasteiger partial charge in [0.2, 0.25) is 0 Å². The van der Waals surface area contributed by atoms with Gasteiger partial charge in [0, 0.05) is 33.0 Å². The average Bonchev–Trinajstić information content (AvgIpc) is 3.02. The number of H-pyrrole nitrogens is 1. The molecule has 1 saturated heterocycles. The smallest absolute Gasteiger partial charge is 0.330 e. The van der Waals surface area contributed by atoms with E-state index in [2.05, 4.69) is 0 Å². The highest BCUT2D eigenvalue weighted by Gasteiger charge is 2.56. The van der Waals surface area contributed by atoms with Crippen LogP contribution in [-0.2, 0) is 42.9 Å². The molecule has 182 valence electrons. The Kier molecular flexibility index (Phi) is 8.48. The van der Waals surface area contributed by atoms with Crippen molar-refractivity contribution in [2.24, 2.45) is 5.73 Å². The lowest BCUT2D eigenvalue weighted by molar-refractivity contribution is -0.175. The number of esters is 4. The third-order valence-electron chi connectivity index (χ3n) is 4.49. The molecule has 0 bridgehead atoms. The first kappa shape index (κ1) is 25.7. The molecule has 0 spiro atoms. The molecule has 1 aromatic heterocycles. The van der Waals surface area contributed by atoms with Gasteiger partial charge in [-0.3, -0.25) is 33.5 Å². The second kappa shape index (κ2) is 10.9. The molecule has 14 nitrogen and oxygen atoms in total. The molecular weight excluding hydrogens is 446 g/mol. The minimum absolute atomic E-state index is 0.0241. The highest BCUT2D eigenvalue weighted by atomic mass is 16.7. The molecule has 0 radical (unpaired) electrons. The van der Waals surface area contributed by atoms with Gasteiger partial charge in [-0.1, -0.05) is 0 Å². The average molecular weight is 471 g/mol. The topological polar surface area (TPSA) is 195 Å². The zero-order valence-electron chi connectivity index (χ0n) is 18.3. The van der Waals surface area contributed by atoms with Gasteiger partial charge in [-0.15, -0.1) is 0 Å². The third-order valence-corrected chi connectivity index (χ3v) is 4.49.